The van der Waals surface area contributed by atoms with E-state index in [2.05, 4.69) is 30.4 Å². The average molecular weight is 843 g/mol. The number of benzene rings is 2. The number of aliphatic hydroxyl groups excluding tert-OH is 3. The van der Waals surface area contributed by atoms with E-state index in [9.17, 15) is 24.6 Å². The van der Waals surface area contributed by atoms with Crippen molar-refractivity contribution >= 4 is 29.4 Å². The van der Waals surface area contributed by atoms with Gasteiger partial charge in [0.1, 0.15) is 23.5 Å². The smallest absolute Gasteiger partial charge is 0.351 e. The number of rotatable bonds is 13. The van der Waals surface area contributed by atoms with Gasteiger partial charge >= 0.3 is 5.69 Å². The van der Waals surface area contributed by atoms with Gasteiger partial charge in [0, 0.05) is 74.9 Å². The molecule has 0 spiro atoms. The third-order valence-electron chi connectivity index (χ3n) is 10.7. The maximum atomic E-state index is 13.8. The van der Waals surface area contributed by atoms with Gasteiger partial charge in [-0.15, -0.1) is 11.8 Å². The van der Waals surface area contributed by atoms with E-state index in [4.69, 9.17) is 15.6 Å². The van der Waals surface area contributed by atoms with E-state index in [-0.39, 0.29) is 48.9 Å². The number of nitrogens with two attached hydrogens (primary N) is 1. The van der Waals surface area contributed by atoms with Crippen molar-refractivity contribution in [3.63, 3.8) is 0 Å². The zero-order chi connectivity index (χ0) is 42.8. The second-order valence-corrected chi connectivity index (χ2v) is 17.8. The number of anilines is 1. The van der Waals surface area contributed by atoms with Crippen molar-refractivity contribution in [1.29, 1.82) is 0 Å². The Morgan fingerprint density at radius 3 is 2.48 bits per heavy atom. The fourth-order valence-electron chi connectivity index (χ4n) is 7.90. The van der Waals surface area contributed by atoms with E-state index in [1.165, 1.54) is 16.3 Å². The number of carbonyl (C=O) groups excluding carboxylic acids is 2. The molecule has 2 saturated heterocycles. The average Bonchev–Trinajstić information content (AvgIpc) is 3.82. The molecule has 0 radical (unpaired) electrons. The van der Waals surface area contributed by atoms with Crippen molar-refractivity contribution in [3.05, 3.63) is 124 Å². The Labute approximate surface area is 355 Å². The van der Waals surface area contributed by atoms with Crippen molar-refractivity contribution in [2.24, 2.45) is 5.92 Å². The summed E-state index contributed by atoms with van der Waals surface area (Å²) in [7, 11) is 0. The molecule has 2 aromatic heterocycles. The number of pyridine rings is 1. The Bertz CT molecular complexity index is 2070. The van der Waals surface area contributed by atoms with Crippen LogP contribution in [0.4, 0.5) is 5.82 Å². The number of nitrogens with zero attached hydrogens (tertiary/aromatic N) is 5. The van der Waals surface area contributed by atoms with E-state index in [1.54, 1.807) is 18.5 Å². The van der Waals surface area contributed by atoms with Gasteiger partial charge in [-0.25, -0.2) is 4.79 Å². The molecule has 1 aliphatic carbocycles. The molecule has 0 unspecified atom stereocenters. The van der Waals surface area contributed by atoms with Gasteiger partial charge in [-0.05, 0) is 68.0 Å². The van der Waals surface area contributed by atoms with Crippen LogP contribution in [0.1, 0.15) is 61.7 Å². The molecule has 4 aromatic rings. The molecule has 322 valence electrons. The van der Waals surface area contributed by atoms with E-state index in [0.717, 1.165) is 28.8 Å². The van der Waals surface area contributed by atoms with Gasteiger partial charge < -0.3 is 36.4 Å². The highest BCUT2D eigenvalue weighted by molar-refractivity contribution is 8.00. The number of β-amino-alcohol motifs (C(OH)–C–C–N with tert-alkyl or cyclic N) is 1. The third-order valence-corrected chi connectivity index (χ3v) is 11.9. The fraction of sp³-hybridized carbons (Fsp3) is 0.477. The quantitative estimate of drug-likeness (QED) is 0.114. The summed E-state index contributed by atoms with van der Waals surface area (Å²) in [5.74, 6) is 0.0354. The van der Waals surface area contributed by atoms with Crippen LogP contribution in [0.2, 0.25) is 0 Å². The summed E-state index contributed by atoms with van der Waals surface area (Å²) >= 11 is 1.47. The fourth-order valence-corrected chi connectivity index (χ4v) is 8.83. The van der Waals surface area contributed by atoms with Crippen LogP contribution in [0.3, 0.4) is 0 Å². The standard InChI is InChI=1S/C36H47N5O4.C8H11N3O3S/c1-36(2,3)39-35(45)31-24-40(22-26-12-9-15-37-21-26)16-17-41(31)23-29(42)19-28(18-25-10-5-4-6-11-25)34(44)38-33-30-14-8-7-13-27(30)20-32(33)43;9-5-1-2-11(8(13)10-5)6-4-15-7(3-12)14-6/h4-15,21,28-29,31-33,42-43H,16-20,22-24H2,1-3H3,(H,38,44)(H,39,45);1-2,6-7,12H,3-4H2,(H2,9,10,13)/t28-,29+,31+,32-,33+;6-,7+/m11/s1. The number of hydrogen-bond donors (Lipinski definition) is 6. The van der Waals surface area contributed by atoms with E-state index in [1.807, 2.05) is 93.7 Å². The van der Waals surface area contributed by atoms with Crippen LogP contribution in [0, 0.1) is 5.92 Å². The molecule has 7 N–H and O–H groups in total. The van der Waals surface area contributed by atoms with Crippen molar-refractivity contribution < 1.29 is 29.6 Å². The van der Waals surface area contributed by atoms with Gasteiger partial charge in [0.2, 0.25) is 11.8 Å². The van der Waals surface area contributed by atoms with E-state index < -0.39 is 41.4 Å². The Balaban J connectivity index is 0.000000336. The number of thioether (sulfide) groups is 1. The minimum Gasteiger partial charge on any atom is -0.393 e. The zero-order valence-electron chi connectivity index (χ0n) is 34.5. The monoisotopic (exact) mass is 842 g/mol. The molecular formula is C44H58N8O7S. The van der Waals surface area contributed by atoms with Crippen LogP contribution in [-0.2, 0) is 33.7 Å². The van der Waals surface area contributed by atoms with Gasteiger partial charge in [-0.2, -0.15) is 4.98 Å². The van der Waals surface area contributed by atoms with Gasteiger partial charge in [0.05, 0.1) is 24.9 Å². The first-order valence-electron chi connectivity index (χ1n) is 20.4. The second-order valence-electron chi connectivity index (χ2n) is 16.7. The molecule has 15 nitrogen and oxygen atoms in total. The molecule has 2 fully saturated rings. The van der Waals surface area contributed by atoms with E-state index >= 15 is 0 Å². The second kappa shape index (κ2) is 20.7. The Hall–Kier alpha value is -4.68. The number of hydrogen-bond acceptors (Lipinski definition) is 13. The van der Waals surface area contributed by atoms with Crippen molar-refractivity contribution in [3.8, 4) is 0 Å². The topological polar surface area (TPSA) is 208 Å². The van der Waals surface area contributed by atoms with Gasteiger partial charge in [-0.3, -0.25) is 28.9 Å². The number of nitrogens with one attached hydrogen (secondary N) is 2. The molecular weight excluding hydrogens is 785 g/mol. The van der Waals surface area contributed by atoms with Gasteiger partial charge in [0.15, 0.2) is 0 Å². The molecule has 0 saturated carbocycles. The summed E-state index contributed by atoms with van der Waals surface area (Å²) in [6, 6.07) is 22.2. The first-order chi connectivity index (χ1) is 28.8. The first-order valence-corrected chi connectivity index (χ1v) is 21.5. The highest BCUT2D eigenvalue weighted by atomic mass is 32.2. The maximum Gasteiger partial charge on any atom is 0.351 e. The van der Waals surface area contributed by atoms with Gasteiger partial charge in [-0.1, -0.05) is 60.7 Å². The predicted octanol–water partition coefficient (Wildman–Crippen LogP) is 2.27. The highest BCUT2D eigenvalue weighted by Crippen LogP contribution is 2.32. The first kappa shape index (κ1) is 44.9. The molecule has 0 bridgehead atoms. The van der Waals surface area contributed by atoms with E-state index in [0.29, 0.717) is 38.2 Å². The lowest BCUT2D eigenvalue weighted by Gasteiger charge is -2.42. The highest BCUT2D eigenvalue weighted by Gasteiger charge is 2.37. The van der Waals surface area contributed by atoms with Gasteiger partial charge in [0.25, 0.3) is 0 Å². The summed E-state index contributed by atoms with van der Waals surface area (Å²) in [6.07, 6.45) is 4.44. The summed E-state index contributed by atoms with van der Waals surface area (Å²) in [6.45, 7) is 8.69. The number of aromatic nitrogens is 3. The number of amides is 2. The summed E-state index contributed by atoms with van der Waals surface area (Å²) in [5.41, 5.74) is 8.35. The number of ether oxygens (including phenoxy) is 1. The van der Waals surface area contributed by atoms with Crippen LogP contribution >= 0.6 is 11.8 Å². The van der Waals surface area contributed by atoms with Crippen LogP contribution < -0.4 is 22.1 Å². The molecule has 3 aliphatic rings. The van der Waals surface area contributed by atoms with Crippen LogP contribution in [0.25, 0.3) is 0 Å². The Kier molecular flexibility index (Phi) is 15.5. The lowest BCUT2D eigenvalue weighted by atomic mass is 9.91. The minimum absolute atomic E-state index is 0.0572. The SMILES string of the molecule is CC(C)(C)NC(=O)[C@@H]1CN(Cc2cccnc2)CCN1C[C@@H](O)C[C@@H](Cc1ccccc1)C(=O)N[C@H]1c2ccccc2C[C@H]1O.Nc1ccn([C@H]2CS[C@@H](CO)O2)c(=O)n1. The molecule has 16 heteroatoms. The number of fused-ring (bicyclic) bond motifs is 1. The molecule has 2 aliphatic heterocycles. The lowest BCUT2D eigenvalue weighted by molar-refractivity contribution is -0.132. The number of carbonyl (C=O) groups is 2. The Morgan fingerprint density at radius 1 is 1.03 bits per heavy atom. The number of piperazine rings is 1. The van der Waals surface area contributed by atoms with Crippen molar-refractivity contribution in [2.75, 3.05) is 44.3 Å². The molecule has 4 heterocycles. The third kappa shape index (κ3) is 12.4. The Morgan fingerprint density at radius 2 is 1.78 bits per heavy atom. The van der Waals surface area contributed by atoms with Crippen LogP contribution in [-0.4, -0.2) is 119 Å². The summed E-state index contributed by atoms with van der Waals surface area (Å²) in [4.78, 5) is 50.9. The molecule has 2 amide bonds. The summed E-state index contributed by atoms with van der Waals surface area (Å²) in [5, 5.41) is 37.4. The number of nitrogen functional groups attached to an aromatic ring is 1. The predicted molar refractivity (Wildman–Crippen MR) is 230 cm³/mol. The van der Waals surface area contributed by atoms with Crippen molar-refractivity contribution in [2.45, 2.75) is 88.1 Å². The minimum atomic E-state index is -0.833. The normalized spacial score (nSPS) is 22.9. The number of aliphatic hydroxyl groups is 3. The molecule has 7 atom stereocenters. The largest absolute Gasteiger partial charge is 0.393 e. The summed E-state index contributed by atoms with van der Waals surface area (Å²) < 4.78 is 6.79. The zero-order valence-corrected chi connectivity index (χ0v) is 35.3. The molecule has 7 rings (SSSR count). The van der Waals surface area contributed by atoms with Crippen LogP contribution in [0.5, 0.6) is 0 Å². The molecule has 2 aromatic carbocycles. The lowest BCUT2D eigenvalue weighted by Crippen LogP contribution is -2.61. The van der Waals surface area contributed by atoms with Crippen LogP contribution in [0.15, 0.2) is 96.2 Å². The maximum absolute atomic E-state index is 13.8. The van der Waals surface area contributed by atoms with Crippen molar-refractivity contribution in [1.82, 2.24) is 35.0 Å². The molecule has 60 heavy (non-hydrogen) atoms.